The zero-order chi connectivity index (χ0) is 17.1. The van der Waals surface area contributed by atoms with E-state index in [9.17, 15) is 4.79 Å². The lowest BCUT2D eigenvalue weighted by Gasteiger charge is -2.13. The first-order valence-electron chi connectivity index (χ1n) is 8.78. The van der Waals surface area contributed by atoms with Gasteiger partial charge in [0.25, 0.3) is 5.91 Å². The van der Waals surface area contributed by atoms with Gasteiger partial charge in [-0.3, -0.25) is 9.78 Å². The highest BCUT2D eigenvalue weighted by Crippen LogP contribution is 2.36. The standard InChI is InChI=1S/C20H21N3OS/c24-19(22-11-9-15-6-5-10-21-14-15)18-16-7-1-2-8-17(16)25-20(18)23-12-3-4-13-23/h3-6,10,12-14H,1-2,7-9,11H2,(H,22,24). The second kappa shape index (κ2) is 7.23. The van der Waals surface area contributed by atoms with E-state index in [1.807, 2.05) is 42.9 Å². The fraction of sp³-hybridized carbons (Fsp3) is 0.300. The summed E-state index contributed by atoms with van der Waals surface area (Å²) in [6, 6.07) is 7.97. The lowest BCUT2D eigenvalue weighted by Crippen LogP contribution is -2.27. The number of nitrogens with zero attached hydrogens (tertiary/aromatic N) is 2. The minimum Gasteiger partial charge on any atom is -0.352 e. The third kappa shape index (κ3) is 3.37. The molecule has 3 aromatic rings. The number of rotatable bonds is 5. The molecule has 0 spiro atoms. The summed E-state index contributed by atoms with van der Waals surface area (Å²) in [6.45, 7) is 0.625. The normalized spacial score (nSPS) is 13.4. The molecular weight excluding hydrogens is 330 g/mol. The second-order valence-corrected chi connectivity index (χ2v) is 7.43. The molecule has 4 rings (SSSR count). The van der Waals surface area contributed by atoms with Crippen molar-refractivity contribution in [3.05, 3.63) is 70.6 Å². The van der Waals surface area contributed by atoms with Gasteiger partial charge < -0.3 is 9.88 Å². The molecule has 0 aliphatic heterocycles. The molecule has 0 unspecified atom stereocenters. The van der Waals surface area contributed by atoms with Crippen molar-refractivity contribution in [3.8, 4) is 5.00 Å². The molecule has 0 bridgehead atoms. The number of aromatic nitrogens is 2. The van der Waals surface area contributed by atoms with Gasteiger partial charge in [0.05, 0.1) is 5.56 Å². The first-order valence-corrected chi connectivity index (χ1v) is 9.59. The molecule has 4 nitrogen and oxygen atoms in total. The molecule has 1 aliphatic rings. The minimum atomic E-state index is 0.0481. The van der Waals surface area contributed by atoms with E-state index in [1.54, 1.807) is 17.5 Å². The third-order valence-electron chi connectivity index (χ3n) is 4.64. The van der Waals surface area contributed by atoms with Crippen molar-refractivity contribution in [2.75, 3.05) is 6.54 Å². The maximum Gasteiger partial charge on any atom is 0.254 e. The van der Waals surface area contributed by atoms with Gasteiger partial charge in [-0.2, -0.15) is 0 Å². The van der Waals surface area contributed by atoms with Crippen LogP contribution in [0, 0.1) is 0 Å². The molecule has 128 valence electrons. The summed E-state index contributed by atoms with van der Waals surface area (Å²) in [5.41, 5.74) is 3.28. The van der Waals surface area contributed by atoms with Gasteiger partial charge in [-0.15, -0.1) is 11.3 Å². The SMILES string of the molecule is O=C(NCCc1cccnc1)c1c(-n2cccc2)sc2c1CCCC2. The molecule has 0 atom stereocenters. The number of thiophene rings is 1. The Morgan fingerprint density at radius 2 is 2.04 bits per heavy atom. The Balaban J connectivity index is 1.56. The van der Waals surface area contributed by atoms with Crippen molar-refractivity contribution in [1.29, 1.82) is 0 Å². The first kappa shape index (κ1) is 16.1. The number of hydrogen-bond donors (Lipinski definition) is 1. The Kier molecular flexibility index (Phi) is 4.65. The van der Waals surface area contributed by atoms with Crippen molar-refractivity contribution in [2.24, 2.45) is 0 Å². The van der Waals surface area contributed by atoms with Crippen LogP contribution >= 0.6 is 11.3 Å². The number of hydrogen-bond acceptors (Lipinski definition) is 3. The average molecular weight is 351 g/mol. The summed E-state index contributed by atoms with van der Waals surface area (Å²) >= 11 is 1.77. The van der Waals surface area contributed by atoms with Gasteiger partial charge in [0.1, 0.15) is 5.00 Å². The van der Waals surface area contributed by atoms with Crippen LogP contribution in [-0.2, 0) is 19.3 Å². The predicted molar refractivity (Wildman–Crippen MR) is 101 cm³/mol. The van der Waals surface area contributed by atoms with E-state index in [2.05, 4.69) is 14.9 Å². The van der Waals surface area contributed by atoms with Crippen molar-refractivity contribution >= 4 is 17.2 Å². The molecule has 1 amide bonds. The zero-order valence-electron chi connectivity index (χ0n) is 14.1. The summed E-state index contributed by atoms with van der Waals surface area (Å²) < 4.78 is 2.07. The van der Waals surface area contributed by atoms with Crippen molar-refractivity contribution in [2.45, 2.75) is 32.1 Å². The summed E-state index contributed by atoms with van der Waals surface area (Å²) in [5, 5.41) is 4.16. The van der Waals surface area contributed by atoms with Crippen LogP contribution < -0.4 is 5.32 Å². The van der Waals surface area contributed by atoms with Crippen molar-refractivity contribution in [3.63, 3.8) is 0 Å². The predicted octanol–water partition coefficient (Wildman–Crippen LogP) is 3.79. The van der Waals surface area contributed by atoms with E-state index >= 15 is 0 Å². The molecule has 3 aromatic heterocycles. The van der Waals surface area contributed by atoms with Gasteiger partial charge >= 0.3 is 0 Å². The van der Waals surface area contributed by atoms with Crippen molar-refractivity contribution in [1.82, 2.24) is 14.9 Å². The van der Waals surface area contributed by atoms with Gasteiger partial charge in [-0.1, -0.05) is 6.07 Å². The highest BCUT2D eigenvalue weighted by molar-refractivity contribution is 7.15. The molecule has 25 heavy (non-hydrogen) atoms. The number of carbonyl (C=O) groups excluding carboxylic acids is 1. The Morgan fingerprint density at radius 1 is 1.20 bits per heavy atom. The zero-order valence-corrected chi connectivity index (χ0v) is 14.9. The molecule has 1 aliphatic carbocycles. The van der Waals surface area contributed by atoms with Crippen LogP contribution in [0.1, 0.15) is 39.2 Å². The topological polar surface area (TPSA) is 46.9 Å². The fourth-order valence-electron chi connectivity index (χ4n) is 3.39. The minimum absolute atomic E-state index is 0.0481. The second-order valence-electron chi connectivity index (χ2n) is 6.35. The monoisotopic (exact) mass is 351 g/mol. The Hall–Kier alpha value is -2.40. The first-order chi connectivity index (χ1) is 12.3. The largest absolute Gasteiger partial charge is 0.352 e. The van der Waals surface area contributed by atoms with Crippen LogP contribution in [0.4, 0.5) is 0 Å². The number of fused-ring (bicyclic) bond motifs is 1. The number of aryl methyl sites for hydroxylation is 1. The molecule has 5 heteroatoms. The highest BCUT2D eigenvalue weighted by atomic mass is 32.1. The van der Waals surface area contributed by atoms with E-state index < -0.39 is 0 Å². The Labute approximate surface area is 151 Å². The van der Waals surface area contributed by atoms with Crippen LogP contribution in [0.25, 0.3) is 5.00 Å². The van der Waals surface area contributed by atoms with Crippen LogP contribution in [0.5, 0.6) is 0 Å². The maximum atomic E-state index is 13.0. The van der Waals surface area contributed by atoms with Gasteiger partial charge in [0, 0.05) is 36.2 Å². The molecule has 0 saturated heterocycles. The van der Waals surface area contributed by atoms with E-state index in [-0.39, 0.29) is 5.91 Å². The van der Waals surface area contributed by atoms with E-state index in [4.69, 9.17) is 0 Å². The number of pyridine rings is 1. The maximum absolute atomic E-state index is 13.0. The van der Waals surface area contributed by atoms with Crippen molar-refractivity contribution < 1.29 is 4.79 Å². The number of amides is 1. The summed E-state index contributed by atoms with van der Waals surface area (Å²) in [5.74, 6) is 0.0481. The van der Waals surface area contributed by atoms with Crippen LogP contribution in [0.15, 0.2) is 49.1 Å². The van der Waals surface area contributed by atoms with Crippen LogP contribution in [-0.4, -0.2) is 22.0 Å². The third-order valence-corrected chi connectivity index (χ3v) is 5.95. The Morgan fingerprint density at radius 3 is 2.84 bits per heavy atom. The summed E-state index contributed by atoms with van der Waals surface area (Å²) in [7, 11) is 0. The van der Waals surface area contributed by atoms with Gasteiger partial charge in [0.15, 0.2) is 0 Å². The smallest absolute Gasteiger partial charge is 0.254 e. The Bertz CT molecular complexity index is 853. The summed E-state index contributed by atoms with van der Waals surface area (Å²) in [6.07, 6.45) is 13.0. The molecule has 3 heterocycles. The van der Waals surface area contributed by atoms with Gasteiger partial charge in [-0.25, -0.2) is 0 Å². The number of carbonyl (C=O) groups is 1. The fourth-order valence-corrected chi connectivity index (χ4v) is 4.74. The van der Waals surface area contributed by atoms with E-state index in [0.29, 0.717) is 6.54 Å². The van der Waals surface area contributed by atoms with Crippen LogP contribution in [0.3, 0.4) is 0 Å². The molecule has 1 N–H and O–H groups in total. The van der Waals surface area contributed by atoms with Gasteiger partial charge in [-0.05, 0) is 61.4 Å². The summed E-state index contributed by atoms with van der Waals surface area (Å²) in [4.78, 5) is 18.5. The number of nitrogens with one attached hydrogen (secondary N) is 1. The molecule has 0 fully saturated rings. The average Bonchev–Trinajstić information content (AvgIpc) is 3.30. The molecule has 0 aromatic carbocycles. The quantitative estimate of drug-likeness (QED) is 0.760. The van der Waals surface area contributed by atoms with Gasteiger partial charge in [0.2, 0.25) is 0 Å². The van der Waals surface area contributed by atoms with Crippen LogP contribution in [0.2, 0.25) is 0 Å². The molecule has 0 radical (unpaired) electrons. The lowest BCUT2D eigenvalue weighted by atomic mass is 9.95. The van der Waals surface area contributed by atoms with E-state index in [1.165, 1.54) is 23.3 Å². The van der Waals surface area contributed by atoms with E-state index in [0.717, 1.165) is 35.4 Å². The highest BCUT2D eigenvalue weighted by Gasteiger charge is 2.25. The lowest BCUT2D eigenvalue weighted by molar-refractivity contribution is 0.0953. The molecule has 0 saturated carbocycles. The molecular formula is C20H21N3OS.